The molecule has 23 heavy (non-hydrogen) atoms. The number of urea groups is 1. The van der Waals surface area contributed by atoms with Gasteiger partial charge in [0.05, 0.1) is 12.6 Å². The summed E-state index contributed by atoms with van der Waals surface area (Å²) < 4.78 is 1.71. The molecule has 3 atom stereocenters. The maximum atomic E-state index is 12.3. The van der Waals surface area contributed by atoms with E-state index < -0.39 is 0 Å². The SMILES string of the molecule is Cc1ccc2c(c1)[C@H](NC(=O)N[C@@H](C)Cn1cncn1)[C@H](C)C2. The molecule has 2 N–H and O–H groups in total. The van der Waals surface area contributed by atoms with Crippen LogP contribution in [0.2, 0.25) is 0 Å². The average molecular weight is 313 g/mol. The van der Waals surface area contributed by atoms with Gasteiger partial charge in [0, 0.05) is 6.04 Å². The fourth-order valence-electron chi connectivity index (χ4n) is 3.24. The number of hydrogen-bond donors (Lipinski definition) is 2. The van der Waals surface area contributed by atoms with Crippen molar-refractivity contribution in [2.75, 3.05) is 0 Å². The van der Waals surface area contributed by atoms with Gasteiger partial charge in [0.2, 0.25) is 0 Å². The zero-order chi connectivity index (χ0) is 16.4. The van der Waals surface area contributed by atoms with E-state index in [-0.39, 0.29) is 18.1 Å². The summed E-state index contributed by atoms with van der Waals surface area (Å²) in [5.74, 6) is 0.406. The number of carbonyl (C=O) groups is 1. The van der Waals surface area contributed by atoms with Crippen LogP contribution in [0.5, 0.6) is 0 Å². The Morgan fingerprint density at radius 3 is 3.04 bits per heavy atom. The lowest BCUT2D eigenvalue weighted by molar-refractivity contribution is 0.229. The minimum atomic E-state index is -0.135. The average Bonchev–Trinajstić information content (AvgIpc) is 3.08. The van der Waals surface area contributed by atoms with Crippen molar-refractivity contribution in [1.29, 1.82) is 0 Å². The van der Waals surface area contributed by atoms with Crippen LogP contribution in [-0.4, -0.2) is 26.8 Å². The van der Waals surface area contributed by atoms with E-state index in [1.54, 1.807) is 11.0 Å². The first-order chi connectivity index (χ1) is 11.0. The first-order valence-electron chi connectivity index (χ1n) is 8.02. The number of benzene rings is 1. The third-order valence-electron chi connectivity index (χ3n) is 4.34. The lowest BCUT2D eigenvalue weighted by Gasteiger charge is -2.21. The fourth-order valence-corrected chi connectivity index (χ4v) is 3.24. The van der Waals surface area contributed by atoms with E-state index in [0.717, 1.165) is 6.42 Å². The highest BCUT2D eigenvalue weighted by Crippen LogP contribution is 2.36. The van der Waals surface area contributed by atoms with Gasteiger partial charge in [-0.25, -0.2) is 9.78 Å². The van der Waals surface area contributed by atoms with Crippen LogP contribution in [0, 0.1) is 12.8 Å². The molecule has 0 fully saturated rings. The van der Waals surface area contributed by atoms with Gasteiger partial charge in [-0.05, 0) is 37.3 Å². The van der Waals surface area contributed by atoms with E-state index in [2.05, 4.69) is 52.8 Å². The zero-order valence-corrected chi connectivity index (χ0v) is 13.8. The Morgan fingerprint density at radius 2 is 2.30 bits per heavy atom. The summed E-state index contributed by atoms with van der Waals surface area (Å²) in [5.41, 5.74) is 3.81. The minimum Gasteiger partial charge on any atom is -0.334 e. The predicted molar refractivity (Wildman–Crippen MR) is 87.9 cm³/mol. The topological polar surface area (TPSA) is 71.8 Å². The monoisotopic (exact) mass is 313 g/mol. The number of nitrogens with one attached hydrogen (secondary N) is 2. The van der Waals surface area contributed by atoms with Crippen molar-refractivity contribution >= 4 is 6.03 Å². The molecule has 2 amide bonds. The van der Waals surface area contributed by atoms with Gasteiger partial charge in [-0.3, -0.25) is 4.68 Å². The van der Waals surface area contributed by atoms with E-state index >= 15 is 0 Å². The van der Waals surface area contributed by atoms with Crippen LogP contribution >= 0.6 is 0 Å². The Morgan fingerprint density at radius 1 is 1.48 bits per heavy atom. The first kappa shape index (κ1) is 15.5. The van der Waals surface area contributed by atoms with Crippen molar-refractivity contribution in [2.24, 2.45) is 5.92 Å². The van der Waals surface area contributed by atoms with E-state index in [0.29, 0.717) is 12.5 Å². The Bertz CT molecular complexity index is 682. The van der Waals surface area contributed by atoms with Gasteiger partial charge in [-0.2, -0.15) is 5.10 Å². The zero-order valence-electron chi connectivity index (χ0n) is 13.8. The van der Waals surface area contributed by atoms with E-state index in [1.165, 1.54) is 23.0 Å². The molecule has 0 radical (unpaired) electrons. The van der Waals surface area contributed by atoms with Crippen molar-refractivity contribution in [3.8, 4) is 0 Å². The standard InChI is InChI=1S/C17H23N5O/c1-11-4-5-14-7-12(2)16(15(14)6-11)21-17(23)20-13(3)8-22-10-18-9-19-22/h4-6,9-10,12-13,16H,7-8H2,1-3H3,(H2,20,21,23)/t12-,13+,16-/m1/s1. The van der Waals surface area contributed by atoms with Gasteiger partial charge in [0.1, 0.15) is 12.7 Å². The Hall–Kier alpha value is -2.37. The van der Waals surface area contributed by atoms with Gasteiger partial charge in [0.25, 0.3) is 0 Å². The molecule has 0 aliphatic heterocycles. The maximum absolute atomic E-state index is 12.3. The lowest BCUT2D eigenvalue weighted by Crippen LogP contribution is -2.44. The predicted octanol–water partition coefficient (Wildman–Crippen LogP) is 2.21. The van der Waals surface area contributed by atoms with Crippen molar-refractivity contribution in [3.63, 3.8) is 0 Å². The van der Waals surface area contributed by atoms with Crippen molar-refractivity contribution in [1.82, 2.24) is 25.4 Å². The highest BCUT2D eigenvalue weighted by Gasteiger charge is 2.30. The molecule has 6 nitrogen and oxygen atoms in total. The number of fused-ring (bicyclic) bond motifs is 1. The molecule has 1 aromatic heterocycles. The first-order valence-corrected chi connectivity index (χ1v) is 8.02. The third kappa shape index (κ3) is 3.52. The number of nitrogens with zero attached hydrogens (tertiary/aromatic N) is 3. The molecule has 0 unspecified atom stereocenters. The van der Waals surface area contributed by atoms with Crippen molar-refractivity contribution in [2.45, 2.75) is 45.8 Å². The highest BCUT2D eigenvalue weighted by molar-refractivity contribution is 5.75. The summed E-state index contributed by atoms with van der Waals surface area (Å²) in [4.78, 5) is 16.2. The number of hydrogen-bond acceptors (Lipinski definition) is 3. The van der Waals surface area contributed by atoms with Gasteiger partial charge < -0.3 is 10.6 Å². The molecule has 3 rings (SSSR count). The molecule has 1 aliphatic rings. The summed E-state index contributed by atoms with van der Waals surface area (Å²) in [6.07, 6.45) is 4.15. The molecule has 1 heterocycles. The van der Waals surface area contributed by atoms with Crippen LogP contribution in [-0.2, 0) is 13.0 Å². The summed E-state index contributed by atoms with van der Waals surface area (Å²) in [7, 11) is 0. The Labute approximate surface area is 136 Å². The molecule has 1 aromatic carbocycles. The number of aryl methyl sites for hydroxylation is 1. The third-order valence-corrected chi connectivity index (χ3v) is 4.34. The summed E-state index contributed by atoms with van der Waals surface area (Å²) in [6, 6.07) is 6.41. The van der Waals surface area contributed by atoms with Crippen LogP contribution in [0.25, 0.3) is 0 Å². The Balaban J connectivity index is 1.61. The molecule has 0 saturated carbocycles. The second kappa shape index (κ2) is 6.40. The van der Waals surface area contributed by atoms with E-state index in [9.17, 15) is 4.79 Å². The number of amides is 2. The quantitative estimate of drug-likeness (QED) is 0.909. The summed E-state index contributed by atoms with van der Waals surface area (Å²) in [6.45, 7) is 6.82. The second-order valence-electron chi connectivity index (χ2n) is 6.50. The molecular weight excluding hydrogens is 290 g/mol. The largest absolute Gasteiger partial charge is 0.334 e. The molecule has 0 saturated heterocycles. The normalized spacial score (nSPS) is 20.8. The van der Waals surface area contributed by atoms with Crippen LogP contribution in [0.15, 0.2) is 30.9 Å². The molecular formula is C17H23N5O. The second-order valence-corrected chi connectivity index (χ2v) is 6.50. The van der Waals surface area contributed by atoms with E-state index in [4.69, 9.17) is 0 Å². The van der Waals surface area contributed by atoms with Crippen LogP contribution in [0.3, 0.4) is 0 Å². The van der Waals surface area contributed by atoms with Crippen LogP contribution in [0.1, 0.15) is 36.6 Å². The fraction of sp³-hybridized carbons (Fsp3) is 0.471. The minimum absolute atomic E-state index is 0.0228. The van der Waals surface area contributed by atoms with Crippen LogP contribution in [0.4, 0.5) is 4.79 Å². The summed E-state index contributed by atoms with van der Waals surface area (Å²) in [5, 5.41) is 10.2. The van der Waals surface area contributed by atoms with Crippen LogP contribution < -0.4 is 10.6 Å². The number of carbonyl (C=O) groups excluding carboxylic acids is 1. The number of rotatable bonds is 4. The van der Waals surface area contributed by atoms with E-state index in [1.807, 2.05) is 6.92 Å². The summed E-state index contributed by atoms with van der Waals surface area (Å²) >= 11 is 0. The lowest BCUT2D eigenvalue weighted by atomic mass is 10.0. The van der Waals surface area contributed by atoms with Gasteiger partial charge in [-0.15, -0.1) is 0 Å². The highest BCUT2D eigenvalue weighted by atomic mass is 16.2. The van der Waals surface area contributed by atoms with Gasteiger partial charge in [0.15, 0.2) is 0 Å². The Kier molecular flexibility index (Phi) is 4.32. The maximum Gasteiger partial charge on any atom is 0.315 e. The molecule has 0 bridgehead atoms. The molecule has 122 valence electrons. The van der Waals surface area contributed by atoms with Gasteiger partial charge in [-0.1, -0.05) is 30.7 Å². The number of aromatic nitrogens is 3. The smallest absolute Gasteiger partial charge is 0.315 e. The molecule has 0 spiro atoms. The molecule has 6 heteroatoms. The van der Waals surface area contributed by atoms with Crippen molar-refractivity contribution in [3.05, 3.63) is 47.5 Å². The van der Waals surface area contributed by atoms with Crippen molar-refractivity contribution < 1.29 is 4.79 Å². The molecule has 2 aromatic rings. The molecule has 1 aliphatic carbocycles. The van der Waals surface area contributed by atoms with Gasteiger partial charge >= 0.3 is 6.03 Å².